The molecule has 0 radical (unpaired) electrons. The number of carboxylic acids is 1. The highest BCUT2D eigenvalue weighted by Gasteiger charge is 2.35. The van der Waals surface area contributed by atoms with Crippen molar-refractivity contribution >= 4 is 12.1 Å². The summed E-state index contributed by atoms with van der Waals surface area (Å²) in [7, 11) is 0. The molecule has 18 heavy (non-hydrogen) atoms. The van der Waals surface area contributed by atoms with E-state index in [4.69, 9.17) is 9.84 Å². The molecule has 1 rings (SSSR count). The largest absolute Gasteiger partial charge is 0.480 e. The van der Waals surface area contributed by atoms with Crippen molar-refractivity contribution in [2.45, 2.75) is 57.8 Å². The Balaban J connectivity index is 2.80. The van der Waals surface area contributed by atoms with Crippen LogP contribution in [0.1, 0.15) is 40.0 Å². The zero-order valence-electron chi connectivity index (χ0n) is 11.0. The summed E-state index contributed by atoms with van der Waals surface area (Å²) < 4.78 is 18.4. The van der Waals surface area contributed by atoms with Crippen LogP contribution in [-0.2, 0) is 9.53 Å². The first-order valence-corrected chi connectivity index (χ1v) is 6.07. The topological polar surface area (TPSA) is 66.8 Å². The van der Waals surface area contributed by atoms with Crippen LogP contribution in [0, 0.1) is 0 Å². The number of hydrogen-bond donors (Lipinski definition) is 1. The van der Waals surface area contributed by atoms with Crippen LogP contribution in [0.4, 0.5) is 9.18 Å². The summed E-state index contributed by atoms with van der Waals surface area (Å²) in [6.45, 7) is 5.19. The molecule has 1 amide bonds. The number of halogens is 1. The minimum absolute atomic E-state index is 0.0764. The van der Waals surface area contributed by atoms with Gasteiger partial charge in [-0.2, -0.15) is 0 Å². The van der Waals surface area contributed by atoms with Gasteiger partial charge in [0, 0.05) is 6.54 Å². The van der Waals surface area contributed by atoms with Gasteiger partial charge in [-0.3, -0.25) is 4.90 Å². The molecule has 1 fully saturated rings. The third-order valence-corrected chi connectivity index (χ3v) is 2.73. The van der Waals surface area contributed by atoms with E-state index in [0.29, 0.717) is 0 Å². The molecule has 0 aromatic rings. The highest BCUT2D eigenvalue weighted by Crippen LogP contribution is 2.22. The summed E-state index contributed by atoms with van der Waals surface area (Å²) in [6.07, 6.45) is -1.31. The van der Waals surface area contributed by atoms with Crippen LogP contribution in [0.15, 0.2) is 0 Å². The molecule has 1 saturated heterocycles. The molecule has 1 unspecified atom stereocenters. The van der Waals surface area contributed by atoms with Crippen molar-refractivity contribution in [3.63, 3.8) is 0 Å². The molecule has 0 spiro atoms. The van der Waals surface area contributed by atoms with Gasteiger partial charge < -0.3 is 9.84 Å². The van der Waals surface area contributed by atoms with Crippen LogP contribution in [0.5, 0.6) is 0 Å². The van der Waals surface area contributed by atoms with E-state index in [-0.39, 0.29) is 25.8 Å². The zero-order valence-corrected chi connectivity index (χ0v) is 11.0. The van der Waals surface area contributed by atoms with E-state index < -0.39 is 29.9 Å². The van der Waals surface area contributed by atoms with Crippen LogP contribution >= 0.6 is 0 Å². The molecule has 6 heteroatoms. The van der Waals surface area contributed by atoms with Crippen LogP contribution in [-0.4, -0.2) is 46.4 Å². The number of carboxylic acid groups (broad SMARTS) is 1. The molecule has 1 N–H and O–H groups in total. The number of carbonyl (C=O) groups is 2. The van der Waals surface area contributed by atoms with Gasteiger partial charge in [-0.15, -0.1) is 0 Å². The Kier molecular flexibility index (Phi) is 4.53. The van der Waals surface area contributed by atoms with Gasteiger partial charge in [0.2, 0.25) is 0 Å². The van der Waals surface area contributed by atoms with Crippen molar-refractivity contribution < 1.29 is 23.8 Å². The fourth-order valence-electron chi connectivity index (χ4n) is 1.87. The van der Waals surface area contributed by atoms with Gasteiger partial charge in [0.1, 0.15) is 17.8 Å². The minimum Gasteiger partial charge on any atom is -0.480 e. The zero-order chi connectivity index (χ0) is 13.9. The number of amides is 1. The number of nitrogens with zero attached hydrogens (tertiary/aromatic N) is 1. The summed E-state index contributed by atoms with van der Waals surface area (Å²) in [5, 5.41) is 9.10. The van der Waals surface area contributed by atoms with Crippen molar-refractivity contribution in [1.29, 1.82) is 0 Å². The molecule has 0 saturated carbocycles. The van der Waals surface area contributed by atoms with Gasteiger partial charge in [0.15, 0.2) is 0 Å². The number of rotatable bonds is 1. The molecular formula is C12H20FNO4. The Hall–Kier alpha value is -1.33. The molecule has 104 valence electrons. The predicted molar refractivity (Wildman–Crippen MR) is 63.1 cm³/mol. The molecule has 2 atom stereocenters. The van der Waals surface area contributed by atoms with Crippen molar-refractivity contribution in [3.8, 4) is 0 Å². The van der Waals surface area contributed by atoms with E-state index in [0.717, 1.165) is 4.90 Å². The second-order valence-electron chi connectivity index (χ2n) is 5.49. The fraction of sp³-hybridized carbons (Fsp3) is 0.833. The summed E-state index contributed by atoms with van der Waals surface area (Å²) in [6, 6.07) is -0.999. The number of carbonyl (C=O) groups excluding carboxylic acids is 1. The van der Waals surface area contributed by atoms with Gasteiger partial charge in [-0.1, -0.05) is 0 Å². The van der Waals surface area contributed by atoms with E-state index in [9.17, 15) is 14.0 Å². The summed E-state index contributed by atoms with van der Waals surface area (Å²) in [5.74, 6) is -1.12. The predicted octanol–water partition coefficient (Wildman–Crippen LogP) is 2.20. The third-order valence-electron chi connectivity index (χ3n) is 2.73. The maximum absolute atomic E-state index is 13.3. The van der Waals surface area contributed by atoms with E-state index in [1.165, 1.54) is 0 Å². The SMILES string of the molecule is CC(C)(C)OC(=O)N1CCC(F)CC[C@H]1C(=O)O. The van der Waals surface area contributed by atoms with Crippen molar-refractivity contribution in [2.24, 2.45) is 0 Å². The highest BCUT2D eigenvalue weighted by molar-refractivity contribution is 5.80. The first-order chi connectivity index (χ1) is 8.20. The third kappa shape index (κ3) is 4.16. The van der Waals surface area contributed by atoms with Crippen molar-refractivity contribution in [1.82, 2.24) is 4.90 Å². The van der Waals surface area contributed by atoms with Crippen LogP contribution < -0.4 is 0 Å². The van der Waals surface area contributed by atoms with Crippen molar-refractivity contribution in [2.75, 3.05) is 6.54 Å². The number of alkyl halides is 1. The van der Waals surface area contributed by atoms with Gasteiger partial charge >= 0.3 is 12.1 Å². The Morgan fingerprint density at radius 1 is 1.28 bits per heavy atom. The average Bonchev–Trinajstić information content (AvgIpc) is 2.37. The summed E-state index contributed by atoms with van der Waals surface area (Å²) >= 11 is 0. The summed E-state index contributed by atoms with van der Waals surface area (Å²) in [4.78, 5) is 24.1. The monoisotopic (exact) mass is 261 g/mol. The molecular weight excluding hydrogens is 241 g/mol. The number of aliphatic carboxylic acids is 1. The minimum atomic E-state index is -1.12. The van der Waals surface area contributed by atoms with Gasteiger partial charge in [-0.05, 0) is 40.0 Å². The summed E-state index contributed by atoms with van der Waals surface area (Å²) in [5.41, 5.74) is -0.693. The number of ether oxygens (including phenoxy) is 1. The molecule has 1 aliphatic rings. The van der Waals surface area contributed by atoms with Crippen LogP contribution in [0.25, 0.3) is 0 Å². The van der Waals surface area contributed by atoms with Gasteiger partial charge in [0.25, 0.3) is 0 Å². The molecule has 0 aliphatic carbocycles. The lowest BCUT2D eigenvalue weighted by Gasteiger charge is -2.29. The highest BCUT2D eigenvalue weighted by atomic mass is 19.1. The second-order valence-corrected chi connectivity index (χ2v) is 5.49. The van der Waals surface area contributed by atoms with Gasteiger partial charge in [0.05, 0.1) is 0 Å². The molecule has 1 aliphatic heterocycles. The molecule has 0 aromatic carbocycles. The normalized spacial score (nSPS) is 25.4. The molecule has 1 heterocycles. The Morgan fingerprint density at radius 3 is 2.39 bits per heavy atom. The molecule has 0 aromatic heterocycles. The van der Waals surface area contributed by atoms with E-state index in [1.54, 1.807) is 20.8 Å². The smallest absolute Gasteiger partial charge is 0.411 e. The van der Waals surface area contributed by atoms with Crippen LogP contribution in [0.3, 0.4) is 0 Å². The first-order valence-electron chi connectivity index (χ1n) is 6.07. The molecule has 5 nitrogen and oxygen atoms in total. The maximum Gasteiger partial charge on any atom is 0.411 e. The average molecular weight is 261 g/mol. The van der Waals surface area contributed by atoms with E-state index in [1.807, 2.05) is 0 Å². The quantitative estimate of drug-likeness (QED) is 0.785. The lowest BCUT2D eigenvalue weighted by molar-refractivity contribution is -0.143. The fourth-order valence-corrected chi connectivity index (χ4v) is 1.87. The van der Waals surface area contributed by atoms with Gasteiger partial charge in [-0.25, -0.2) is 14.0 Å². The van der Waals surface area contributed by atoms with E-state index in [2.05, 4.69) is 0 Å². The lowest BCUT2D eigenvalue weighted by Crippen LogP contribution is -2.46. The number of hydrogen-bond acceptors (Lipinski definition) is 3. The van der Waals surface area contributed by atoms with Crippen LogP contribution in [0.2, 0.25) is 0 Å². The number of likely N-dealkylation sites (tertiary alicyclic amines) is 1. The standard InChI is InChI=1S/C12H20FNO4/c1-12(2,3)18-11(17)14-7-6-8(13)4-5-9(14)10(15)16/h8-9H,4-7H2,1-3H3,(H,15,16)/t8?,9-/m0/s1. The Morgan fingerprint density at radius 2 is 1.89 bits per heavy atom. The second kappa shape index (κ2) is 5.54. The lowest BCUT2D eigenvalue weighted by atomic mass is 10.1. The Labute approximate surface area is 106 Å². The molecule has 0 bridgehead atoms. The van der Waals surface area contributed by atoms with Crippen molar-refractivity contribution in [3.05, 3.63) is 0 Å². The van der Waals surface area contributed by atoms with E-state index >= 15 is 0 Å². The Bertz CT molecular complexity index is 327. The maximum atomic E-state index is 13.3. The first kappa shape index (κ1) is 14.7.